The highest BCUT2D eigenvalue weighted by Gasteiger charge is 2.16. The van der Waals surface area contributed by atoms with E-state index >= 15 is 0 Å². The fourth-order valence-corrected chi connectivity index (χ4v) is 1.47. The van der Waals surface area contributed by atoms with Gasteiger partial charge in [-0.3, -0.25) is 4.79 Å². The van der Waals surface area contributed by atoms with Crippen molar-refractivity contribution >= 4 is 27.5 Å². The largest absolute Gasteiger partial charge is 0.479 e. The zero-order valence-corrected chi connectivity index (χ0v) is 9.95. The molecular formula is C10H13BrN2O2. The van der Waals surface area contributed by atoms with Gasteiger partial charge in [0.05, 0.1) is 4.47 Å². The second-order valence-corrected chi connectivity index (χ2v) is 3.87. The summed E-state index contributed by atoms with van der Waals surface area (Å²) in [6, 6.07) is 5.22. The molecule has 0 heterocycles. The summed E-state index contributed by atoms with van der Waals surface area (Å²) in [6.07, 6.45) is -0.0978. The van der Waals surface area contributed by atoms with Crippen LogP contribution in [-0.4, -0.2) is 12.0 Å². The molecule has 1 aromatic carbocycles. The molecule has 0 aliphatic heterocycles. The van der Waals surface area contributed by atoms with Crippen LogP contribution in [0.4, 0.5) is 5.69 Å². The molecule has 0 saturated heterocycles. The monoisotopic (exact) mass is 272 g/mol. The molecule has 0 spiro atoms. The molecule has 82 valence electrons. The number of carbonyl (C=O) groups is 1. The Hall–Kier alpha value is -1.23. The van der Waals surface area contributed by atoms with E-state index in [0.29, 0.717) is 22.3 Å². The minimum Gasteiger partial charge on any atom is -0.479 e. The molecule has 1 atom stereocenters. The summed E-state index contributed by atoms with van der Waals surface area (Å²) >= 11 is 3.28. The van der Waals surface area contributed by atoms with Crippen LogP contribution in [0.3, 0.4) is 0 Å². The van der Waals surface area contributed by atoms with Crippen LogP contribution in [0.15, 0.2) is 22.7 Å². The van der Waals surface area contributed by atoms with E-state index in [1.165, 1.54) is 0 Å². The van der Waals surface area contributed by atoms with Crippen LogP contribution in [0.5, 0.6) is 5.75 Å². The highest BCUT2D eigenvalue weighted by molar-refractivity contribution is 9.10. The Bertz CT molecular complexity index is 368. The summed E-state index contributed by atoms with van der Waals surface area (Å²) in [6.45, 7) is 1.83. The topological polar surface area (TPSA) is 78.3 Å². The van der Waals surface area contributed by atoms with Gasteiger partial charge in [0.15, 0.2) is 6.10 Å². The number of nitrogens with two attached hydrogens (primary N) is 2. The smallest absolute Gasteiger partial charge is 0.258 e. The SMILES string of the molecule is CCC(Oc1cccc(N)c1Br)C(N)=O. The molecular weight excluding hydrogens is 260 g/mol. The third kappa shape index (κ3) is 2.86. The Kier molecular flexibility index (Phi) is 3.96. The first-order chi connectivity index (χ1) is 7.06. The minimum absolute atomic E-state index is 0.480. The molecule has 0 saturated carbocycles. The molecule has 5 heteroatoms. The van der Waals surface area contributed by atoms with E-state index < -0.39 is 12.0 Å². The lowest BCUT2D eigenvalue weighted by atomic mass is 10.2. The lowest BCUT2D eigenvalue weighted by molar-refractivity contribution is -0.124. The number of nitrogen functional groups attached to an aromatic ring is 1. The number of hydrogen-bond donors (Lipinski definition) is 2. The first-order valence-electron chi connectivity index (χ1n) is 4.56. The van der Waals surface area contributed by atoms with Crippen LogP contribution in [0.2, 0.25) is 0 Å². The van der Waals surface area contributed by atoms with Crippen LogP contribution < -0.4 is 16.2 Å². The van der Waals surface area contributed by atoms with Gasteiger partial charge in [0, 0.05) is 5.69 Å². The number of ether oxygens (including phenoxy) is 1. The Labute approximate surface area is 96.7 Å². The Morgan fingerprint density at radius 3 is 2.80 bits per heavy atom. The molecule has 0 bridgehead atoms. The Morgan fingerprint density at radius 1 is 1.60 bits per heavy atom. The average molecular weight is 273 g/mol. The summed E-state index contributed by atoms with van der Waals surface area (Å²) < 4.78 is 6.08. The summed E-state index contributed by atoms with van der Waals surface area (Å²) in [5, 5.41) is 0. The zero-order valence-electron chi connectivity index (χ0n) is 8.37. The number of anilines is 1. The average Bonchev–Trinajstić information content (AvgIpc) is 2.19. The predicted octanol–water partition coefficient (Wildman–Crippen LogP) is 1.67. The van der Waals surface area contributed by atoms with Gasteiger partial charge < -0.3 is 16.2 Å². The lowest BCUT2D eigenvalue weighted by Gasteiger charge is -2.15. The molecule has 1 unspecified atom stereocenters. The van der Waals surface area contributed by atoms with Crippen molar-refractivity contribution in [2.24, 2.45) is 5.73 Å². The standard InChI is InChI=1S/C10H13BrN2O2/c1-2-7(10(13)14)15-8-5-3-4-6(12)9(8)11/h3-5,7H,2,12H2,1H3,(H2,13,14). The van der Waals surface area contributed by atoms with Gasteiger partial charge in [0.2, 0.25) is 0 Å². The number of carbonyl (C=O) groups excluding carboxylic acids is 1. The summed E-state index contributed by atoms with van der Waals surface area (Å²) in [5.74, 6) is 0.0486. The normalized spacial score (nSPS) is 12.1. The Morgan fingerprint density at radius 2 is 2.27 bits per heavy atom. The predicted molar refractivity (Wildman–Crippen MR) is 62.5 cm³/mol. The van der Waals surface area contributed by atoms with E-state index in [1.54, 1.807) is 18.2 Å². The summed E-state index contributed by atoms with van der Waals surface area (Å²) in [5.41, 5.74) is 11.4. The third-order valence-corrected chi connectivity index (χ3v) is 2.80. The molecule has 1 aromatic rings. The third-order valence-electron chi connectivity index (χ3n) is 1.95. The van der Waals surface area contributed by atoms with Crippen molar-refractivity contribution in [3.63, 3.8) is 0 Å². The van der Waals surface area contributed by atoms with Crippen LogP contribution in [0.25, 0.3) is 0 Å². The molecule has 0 radical (unpaired) electrons. The number of amides is 1. The highest BCUT2D eigenvalue weighted by Crippen LogP contribution is 2.31. The van der Waals surface area contributed by atoms with Crippen LogP contribution in [-0.2, 0) is 4.79 Å². The summed E-state index contributed by atoms with van der Waals surface area (Å²) in [4.78, 5) is 11.0. The molecule has 4 nitrogen and oxygen atoms in total. The summed E-state index contributed by atoms with van der Waals surface area (Å²) in [7, 11) is 0. The van der Waals surface area contributed by atoms with Gasteiger partial charge in [0.1, 0.15) is 5.75 Å². The number of halogens is 1. The van der Waals surface area contributed by atoms with Gasteiger partial charge in [-0.05, 0) is 34.5 Å². The lowest BCUT2D eigenvalue weighted by Crippen LogP contribution is -2.33. The van der Waals surface area contributed by atoms with E-state index in [9.17, 15) is 4.79 Å². The maximum Gasteiger partial charge on any atom is 0.258 e. The first kappa shape index (κ1) is 11.8. The van der Waals surface area contributed by atoms with Crippen molar-refractivity contribution in [3.8, 4) is 5.75 Å². The number of rotatable bonds is 4. The second kappa shape index (κ2) is 5.02. The fraction of sp³-hybridized carbons (Fsp3) is 0.300. The van der Waals surface area contributed by atoms with E-state index in [1.807, 2.05) is 6.92 Å². The molecule has 0 aliphatic carbocycles. The number of benzene rings is 1. The fourth-order valence-electron chi connectivity index (χ4n) is 1.11. The van der Waals surface area contributed by atoms with Gasteiger partial charge in [-0.15, -0.1) is 0 Å². The van der Waals surface area contributed by atoms with Crippen molar-refractivity contribution in [1.29, 1.82) is 0 Å². The van der Waals surface area contributed by atoms with E-state index in [4.69, 9.17) is 16.2 Å². The zero-order chi connectivity index (χ0) is 11.4. The molecule has 4 N–H and O–H groups in total. The van der Waals surface area contributed by atoms with Crippen molar-refractivity contribution in [2.45, 2.75) is 19.4 Å². The van der Waals surface area contributed by atoms with Crippen LogP contribution >= 0.6 is 15.9 Å². The van der Waals surface area contributed by atoms with Gasteiger partial charge in [-0.25, -0.2) is 0 Å². The molecule has 0 fully saturated rings. The van der Waals surface area contributed by atoms with Crippen LogP contribution in [0.1, 0.15) is 13.3 Å². The van der Waals surface area contributed by atoms with Crippen LogP contribution in [0, 0.1) is 0 Å². The number of primary amides is 1. The maximum absolute atomic E-state index is 11.0. The van der Waals surface area contributed by atoms with E-state index in [-0.39, 0.29) is 0 Å². The van der Waals surface area contributed by atoms with Crippen molar-refractivity contribution in [1.82, 2.24) is 0 Å². The van der Waals surface area contributed by atoms with E-state index in [2.05, 4.69) is 15.9 Å². The van der Waals surface area contributed by atoms with Gasteiger partial charge in [-0.1, -0.05) is 13.0 Å². The minimum atomic E-state index is -0.622. The van der Waals surface area contributed by atoms with E-state index in [0.717, 1.165) is 0 Å². The van der Waals surface area contributed by atoms with Crippen molar-refractivity contribution in [2.75, 3.05) is 5.73 Å². The van der Waals surface area contributed by atoms with Crippen molar-refractivity contribution in [3.05, 3.63) is 22.7 Å². The molecule has 0 aromatic heterocycles. The second-order valence-electron chi connectivity index (χ2n) is 3.08. The highest BCUT2D eigenvalue weighted by atomic mass is 79.9. The molecule has 1 rings (SSSR count). The maximum atomic E-state index is 11.0. The van der Waals surface area contributed by atoms with Gasteiger partial charge >= 0.3 is 0 Å². The molecule has 15 heavy (non-hydrogen) atoms. The van der Waals surface area contributed by atoms with Crippen molar-refractivity contribution < 1.29 is 9.53 Å². The van der Waals surface area contributed by atoms with Gasteiger partial charge in [0.25, 0.3) is 5.91 Å². The molecule has 0 aliphatic rings. The number of hydrogen-bond acceptors (Lipinski definition) is 3. The Balaban J connectivity index is 2.88. The quantitative estimate of drug-likeness (QED) is 0.819. The first-order valence-corrected chi connectivity index (χ1v) is 5.35. The molecule has 1 amide bonds. The van der Waals surface area contributed by atoms with Gasteiger partial charge in [-0.2, -0.15) is 0 Å².